The summed E-state index contributed by atoms with van der Waals surface area (Å²) >= 11 is 5.45. The summed E-state index contributed by atoms with van der Waals surface area (Å²) in [5.74, 6) is 0.319. The maximum atomic E-state index is 5.45. The third kappa shape index (κ3) is 1.29. The number of hydrogen-bond donors (Lipinski definition) is 1. The predicted octanol–water partition coefficient (Wildman–Crippen LogP) is 0.894. The zero-order valence-corrected chi connectivity index (χ0v) is 5.39. The van der Waals surface area contributed by atoms with Gasteiger partial charge in [-0.25, -0.2) is 9.97 Å². The van der Waals surface area contributed by atoms with Gasteiger partial charge in [-0.2, -0.15) is 0 Å². The van der Waals surface area contributed by atoms with Gasteiger partial charge in [0, 0.05) is 0 Å². The van der Waals surface area contributed by atoms with Crippen molar-refractivity contribution in [2.75, 3.05) is 5.73 Å². The fourth-order valence-electron chi connectivity index (χ4n) is 0.412. The summed E-state index contributed by atoms with van der Waals surface area (Å²) in [5.41, 5.74) is 5.71. The first kappa shape index (κ1) is 6.29. The Kier molecular flexibility index (Phi) is 1.53. The SMILES string of the molecule is [CH2]c1nc(Cl)cnc1N. The van der Waals surface area contributed by atoms with E-state index in [1.54, 1.807) is 0 Å². The largest absolute Gasteiger partial charge is 0.382 e. The Morgan fingerprint density at radius 2 is 2.33 bits per heavy atom. The third-order valence-corrected chi connectivity index (χ3v) is 1.03. The number of halogens is 1. The maximum absolute atomic E-state index is 5.45. The Bertz CT molecular complexity index is 223. The molecule has 0 amide bonds. The summed E-state index contributed by atoms with van der Waals surface area (Å²) < 4.78 is 0. The summed E-state index contributed by atoms with van der Waals surface area (Å²) in [7, 11) is 0. The van der Waals surface area contributed by atoms with Gasteiger partial charge in [0.1, 0.15) is 11.0 Å². The van der Waals surface area contributed by atoms with Crippen LogP contribution >= 0.6 is 11.6 Å². The molecule has 0 bridgehead atoms. The van der Waals surface area contributed by atoms with Gasteiger partial charge in [-0.15, -0.1) is 0 Å². The predicted molar refractivity (Wildman–Crippen MR) is 35.9 cm³/mol. The Morgan fingerprint density at radius 3 is 2.78 bits per heavy atom. The number of rotatable bonds is 0. The summed E-state index contributed by atoms with van der Waals surface area (Å²) in [6.07, 6.45) is 1.38. The fourth-order valence-corrected chi connectivity index (χ4v) is 0.563. The van der Waals surface area contributed by atoms with E-state index < -0.39 is 0 Å². The highest BCUT2D eigenvalue weighted by atomic mass is 35.5. The molecule has 0 spiro atoms. The van der Waals surface area contributed by atoms with Gasteiger partial charge in [0.15, 0.2) is 0 Å². The van der Waals surface area contributed by atoms with E-state index in [2.05, 4.69) is 16.9 Å². The van der Waals surface area contributed by atoms with Crippen molar-refractivity contribution in [3.05, 3.63) is 24.0 Å². The van der Waals surface area contributed by atoms with Crippen LogP contribution in [0.25, 0.3) is 0 Å². The number of hydrogen-bond acceptors (Lipinski definition) is 3. The smallest absolute Gasteiger partial charge is 0.147 e. The van der Waals surface area contributed by atoms with Gasteiger partial charge in [0.05, 0.1) is 11.9 Å². The molecule has 0 saturated carbocycles. The van der Waals surface area contributed by atoms with Gasteiger partial charge in [-0.3, -0.25) is 0 Å². The maximum Gasteiger partial charge on any atom is 0.147 e. The molecule has 0 aromatic carbocycles. The van der Waals surface area contributed by atoms with Gasteiger partial charge >= 0.3 is 0 Å². The molecule has 2 N–H and O–H groups in total. The number of nitrogens with two attached hydrogens (primary N) is 1. The molecule has 1 rings (SSSR count). The standard InChI is InChI=1S/C5H5ClN3/c1-3-5(7)8-2-4(6)9-3/h2H,1H2,(H2,7,8). The first-order chi connectivity index (χ1) is 4.20. The Hall–Kier alpha value is -0.830. The van der Waals surface area contributed by atoms with Crippen LogP contribution in [0.1, 0.15) is 5.69 Å². The van der Waals surface area contributed by atoms with Gasteiger partial charge in [-0.1, -0.05) is 11.6 Å². The molecule has 3 nitrogen and oxygen atoms in total. The molecule has 47 valence electrons. The van der Waals surface area contributed by atoms with E-state index in [1.807, 2.05) is 0 Å². The van der Waals surface area contributed by atoms with Gasteiger partial charge in [0.2, 0.25) is 0 Å². The van der Waals surface area contributed by atoms with Crippen LogP contribution < -0.4 is 5.73 Å². The molecular formula is C5H5ClN3. The second kappa shape index (κ2) is 2.19. The second-order valence-electron chi connectivity index (χ2n) is 1.52. The highest BCUT2D eigenvalue weighted by molar-refractivity contribution is 6.29. The summed E-state index contributed by atoms with van der Waals surface area (Å²) in [6.45, 7) is 3.50. The van der Waals surface area contributed by atoms with E-state index in [4.69, 9.17) is 17.3 Å². The van der Waals surface area contributed by atoms with Gasteiger partial charge in [-0.05, 0) is 6.92 Å². The van der Waals surface area contributed by atoms with E-state index in [1.165, 1.54) is 6.20 Å². The first-order valence-electron chi connectivity index (χ1n) is 2.30. The molecule has 0 saturated heterocycles. The van der Waals surface area contributed by atoms with Crippen LogP contribution in [-0.2, 0) is 0 Å². The van der Waals surface area contributed by atoms with Crippen LogP contribution in [0.4, 0.5) is 5.82 Å². The molecule has 1 aromatic heterocycles. The van der Waals surface area contributed by atoms with Crippen molar-refractivity contribution >= 4 is 17.4 Å². The van der Waals surface area contributed by atoms with Crippen molar-refractivity contribution in [1.82, 2.24) is 9.97 Å². The minimum absolute atomic E-state index is 0.314. The lowest BCUT2D eigenvalue weighted by molar-refractivity contribution is 1.17. The Labute approximate surface area is 57.9 Å². The molecule has 9 heavy (non-hydrogen) atoms. The molecule has 1 radical (unpaired) electrons. The van der Waals surface area contributed by atoms with Gasteiger partial charge < -0.3 is 5.73 Å². The van der Waals surface area contributed by atoms with Crippen LogP contribution in [0.3, 0.4) is 0 Å². The quantitative estimate of drug-likeness (QED) is 0.586. The lowest BCUT2D eigenvalue weighted by Gasteiger charge is -1.94. The van der Waals surface area contributed by atoms with Crippen LogP contribution in [0.5, 0.6) is 0 Å². The fraction of sp³-hybridized carbons (Fsp3) is 0. The van der Waals surface area contributed by atoms with Crippen molar-refractivity contribution in [2.45, 2.75) is 0 Å². The van der Waals surface area contributed by atoms with E-state index in [0.29, 0.717) is 16.7 Å². The van der Waals surface area contributed by atoms with Crippen molar-refractivity contribution < 1.29 is 0 Å². The average Bonchev–Trinajstić information content (AvgIpc) is 1.80. The molecular weight excluding hydrogens is 138 g/mol. The number of aromatic nitrogens is 2. The highest BCUT2D eigenvalue weighted by Gasteiger charge is 1.94. The molecule has 0 fully saturated rings. The molecule has 1 aromatic rings. The van der Waals surface area contributed by atoms with Crippen molar-refractivity contribution in [1.29, 1.82) is 0 Å². The highest BCUT2D eigenvalue weighted by Crippen LogP contribution is 2.06. The molecule has 0 aliphatic heterocycles. The normalized spacial score (nSPS) is 9.56. The van der Waals surface area contributed by atoms with E-state index >= 15 is 0 Å². The number of anilines is 1. The van der Waals surface area contributed by atoms with E-state index in [-0.39, 0.29) is 0 Å². The monoisotopic (exact) mass is 142 g/mol. The number of nitrogen functional groups attached to an aromatic ring is 1. The zero-order chi connectivity index (χ0) is 6.85. The van der Waals surface area contributed by atoms with Crippen molar-refractivity contribution in [3.63, 3.8) is 0 Å². The molecule has 1 heterocycles. The molecule has 4 heteroatoms. The lowest BCUT2D eigenvalue weighted by atomic mass is 10.5. The van der Waals surface area contributed by atoms with Gasteiger partial charge in [0.25, 0.3) is 0 Å². The third-order valence-electron chi connectivity index (χ3n) is 0.848. The first-order valence-corrected chi connectivity index (χ1v) is 2.68. The van der Waals surface area contributed by atoms with Crippen molar-refractivity contribution in [2.24, 2.45) is 0 Å². The Morgan fingerprint density at radius 1 is 1.67 bits per heavy atom. The van der Waals surface area contributed by atoms with Crippen molar-refractivity contribution in [3.8, 4) is 0 Å². The minimum atomic E-state index is 0.314. The Balaban J connectivity index is 3.17. The number of nitrogens with zero attached hydrogens (tertiary/aromatic N) is 2. The van der Waals surface area contributed by atoms with Crippen LogP contribution in [0, 0.1) is 6.92 Å². The molecule has 0 unspecified atom stereocenters. The van der Waals surface area contributed by atoms with Crippen LogP contribution in [0.15, 0.2) is 6.20 Å². The summed E-state index contributed by atoms with van der Waals surface area (Å²) in [4.78, 5) is 7.44. The van der Waals surface area contributed by atoms with Crippen LogP contribution in [-0.4, -0.2) is 9.97 Å². The minimum Gasteiger partial charge on any atom is -0.382 e. The average molecular weight is 143 g/mol. The van der Waals surface area contributed by atoms with Crippen LogP contribution in [0.2, 0.25) is 5.15 Å². The molecule has 0 aliphatic carbocycles. The zero-order valence-electron chi connectivity index (χ0n) is 4.63. The second-order valence-corrected chi connectivity index (χ2v) is 1.91. The van der Waals surface area contributed by atoms with E-state index in [0.717, 1.165) is 0 Å². The summed E-state index contributed by atoms with van der Waals surface area (Å²) in [6, 6.07) is 0. The molecule has 0 aliphatic rings. The molecule has 0 atom stereocenters. The van der Waals surface area contributed by atoms with E-state index in [9.17, 15) is 0 Å². The summed E-state index contributed by atoms with van der Waals surface area (Å²) in [5, 5.41) is 0.314. The topological polar surface area (TPSA) is 51.8 Å². The lowest BCUT2D eigenvalue weighted by Crippen LogP contribution is -1.95.